The molecule has 0 saturated heterocycles. The molecule has 3 heteroatoms. The first-order chi connectivity index (χ1) is 9.33. The number of rotatable bonds is 6. The van der Waals surface area contributed by atoms with Gasteiger partial charge in [0, 0.05) is 12.0 Å². The van der Waals surface area contributed by atoms with Gasteiger partial charge in [0.05, 0.1) is 13.7 Å². The zero-order valence-electron chi connectivity index (χ0n) is 10.8. The largest absolute Gasteiger partial charge is 0.493 e. The van der Waals surface area contributed by atoms with Gasteiger partial charge in [0.2, 0.25) is 0 Å². The number of benzene rings is 2. The second kappa shape index (κ2) is 6.59. The summed E-state index contributed by atoms with van der Waals surface area (Å²) in [5.41, 5.74) is 1.79. The molecule has 0 radical (unpaired) electrons. The predicted molar refractivity (Wildman–Crippen MR) is 74.0 cm³/mol. The van der Waals surface area contributed by atoms with E-state index in [0.717, 1.165) is 12.7 Å². The van der Waals surface area contributed by atoms with Crippen molar-refractivity contribution in [1.29, 1.82) is 0 Å². The van der Waals surface area contributed by atoms with E-state index in [4.69, 9.17) is 9.47 Å². The lowest BCUT2D eigenvalue weighted by Gasteiger charge is -2.11. The molecule has 0 unspecified atom stereocenters. The fourth-order valence-electron chi connectivity index (χ4n) is 1.80. The van der Waals surface area contributed by atoms with E-state index in [2.05, 4.69) is 12.1 Å². The van der Waals surface area contributed by atoms with Crippen molar-refractivity contribution in [2.75, 3.05) is 13.7 Å². The number of carbonyl (C=O) groups is 1. The summed E-state index contributed by atoms with van der Waals surface area (Å²) in [5.74, 6) is 1.24. The zero-order chi connectivity index (χ0) is 13.5. The highest BCUT2D eigenvalue weighted by Gasteiger charge is 2.05. The third-order valence-electron chi connectivity index (χ3n) is 2.81. The fourth-order valence-corrected chi connectivity index (χ4v) is 1.80. The van der Waals surface area contributed by atoms with Gasteiger partial charge in [-0.1, -0.05) is 30.3 Å². The van der Waals surface area contributed by atoms with E-state index in [1.165, 1.54) is 5.56 Å². The summed E-state index contributed by atoms with van der Waals surface area (Å²) in [4.78, 5) is 10.8. The van der Waals surface area contributed by atoms with E-state index in [1.54, 1.807) is 25.3 Å². The van der Waals surface area contributed by atoms with E-state index < -0.39 is 0 Å². The van der Waals surface area contributed by atoms with Crippen molar-refractivity contribution in [3.63, 3.8) is 0 Å². The van der Waals surface area contributed by atoms with E-state index >= 15 is 0 Å². The van der Waals surface area contributed by atoms with Crippen LogP contribution in [0.2, 0.25) is 0 Å². The van der Waals surface area contributed by atoms with Gasteiger partial charge >= 0.3 is 0 Å². The van der Waals surface area contributed by atoms with E-state index in [1.807, 2.05) is 18.2 Å². The SMILES string of the molecule is COc1ccc(C=O)cc1OCCc1ccccc1. The molecule has 2 rings (SSSR count). The monoisotopic (exact) mass is 256 g/mol. The molecule has 0 aliphatic heterocycles. The highest BCUT2D eigenvalue weighted by Crippen LogP contribution is 2.27. The first kappa shape index (κ1) is 13.1. The lowest BCUT2D eigenvalue weighted by Crippen LogP contribution is -2.03. The Morgan fingerprint density at radius 2 is 1.84 bits per heavy atom. The summed E-state index contributed by atoms with van der Waals surface area (Å²) in [6, 6.07) is 15.2. The van der Waals surface area contributed by atoms with Crippen LogP contribution in [0.4, 0.5) is 0 Å². The Bertz CT molecular complexity index is 535. The van der Waals surface area contributed by atoms with E-state index in [9.17, 15) is 4.79 Å². The molecular formula is C16H16O3. The molecule has 2 aromatic rings. The Hall–Kier alpha value is -2.29. The fraction of sp³-hybridized carbons (Fsp3) is 0.188. The van der Waals surface area contributed by atoms with Crippen LogP contribution < -0.4 is 9.47 Å². The van der Waals surface area contributed by atoms with Gasteiger partial charge in [-0.15, -0.1) is 0 Å². The summed E-state index contributed by atoms with van der Waals surface area (Å²) >= 11 is 0. The van der Waals surface area contributed by atoms with Crippen LogP contribution in [0.25, 0.3) is 0 Å². The Balaban J connectivity index is 2.00. The molecular weight excluding hydrogens is 240 g/mol. The maximum atomic E-state index is 10.8. The highest BCUT2D eigenvalue weighted by molar-refractivity contribution is 5.76. The molecule has 0 heterocycles. The first-order valence-electron chi connectivity index (χ1n) is 6.13. The number of ether oxygens (including phenoxy) is 2. The summed E-state index contributed by atoms with van der Waals surface area (Å²) in [6.07, 6.45) is 1.61. The minimum atomic E-state index is 0.544. The molecule has 0 amide bonds. The molecule has 19 heavy (non-hydrogen) atoms. The molecule has 0 fully saturated rings. The number of carbonyl (C=O) groups excluding carboxylic acids is 1. The van der Waals surface area contributed by atoms with Crippen molar-refractivity contribution in [3.05, 3.63) is 59.7 Å². The summed E-state index contributed by atoms with van der Waals surface area (Å²) < 4.78 is 10.9. The number of methoxy groups -OCH3 is 1. The quantitative estimate of drug-likeness (QED) is 0.745. The van der Waals surface area contributed by atoms with Crippen LogP contribution in [0.1, 0.15) is 15.9 Å². The Labute approximate surface area is 112 Å². The smallest absolute Gasteiger partial charge is 0.161 e. The normalized spacial score (nSPS) is 9.95. The lowest BCUT2D eigenvalue weighted by molar-refractivity contribution is 0.112. The van der Waals surface area contributed by atoms with Gasteiger partial charge in [0.1, 0.15) is 6.29 Å². The summed E-state index contributed by atoms with van der Waals surface area (Å²) in [6.45, 7) is 0.544. The molecule has 0 saturated carbocycles. The molecule has 0 bridgehead atoms. The van der Waals surface area contributed by atoms with Crippen LogP contribution in [-0.2, 0) is 6.42 Å². The van der Waals surface area contributed by atoms with Crippen LogP contribution >= 0.6 is 0 Å². The van der Waals surface area contributed by atoms with Crippen LogP contribution in [0.3, 0.4) is 0 Å². The average Bonchev–Trinajstić information content (AvgIpc) is 2.48. The number of aldehydes is 1. The Morgan fingerprint density at radius 3 is 2.53 bits per heavy atom. The molecule has 98 valence electrons. The zero-order valence-corrected chi connectivity index (χ0v) is 10.8. The molecule has 0 atom stereocenters. The van der Waals surface area contributed by atoms with Crippen LogP contribution in [0.5, 0.6) is 11.5 Å². The van der Waals surface area contributed by atoms with Crippen LogP contribution in [-0.4, -0.2) is 20.0 Å². The Kier molecular flexibility index (Phi) is 4.56. The Morgan fingerprint density at radius 1 is 1.05 bits per heavy atom. The van der Waals surface area contributed by atoms with Crippen LogP contribution in [0.15, 0.2) is 48.5 Å². The summed E-state index contributed by atoms with van der Waals surface area (Å²) in [7, 11) is 1.58. The van der Waals surface area contributed by atoms with Gasteiger partial charge in [-0.25, -0.2) is 0 Å². The minimum absolute atomic E-state index is 0.544. The molecule has 0 spiro atoms. The van der Waals surface area contributed by atoms with Gasteiger partial charge in [0.25, 0.3) is 0 Å². The van der Waals surface area contributed by atoms with Crippen molar-refractivity contribution in [2.24, 2.45) is 0 Å². The van der Waals surface area contributed by atoms with Gasteiger partial charge in [-0.2, -0.15) is 0 Å². The number of hydrogen-bond donors (Lipinski definition) is 0. The lowest BCUT2D eigenvalue weighted by atomic mass is 10.2. The molecule has 0 N–H and O–H groups in total. The van der Waals surface area contributed by atoms with Crippen molar-refractivity contribution < 1.29 is 14.3 Å². The van der Waals surface area contributed by atoms with Crippen LogP contribution in [0, 0.1) is 0 Å². The maximum Gasteiger partial charge on any atom is 0.161 e. The topological polar surface area (TPSA) is 35.5 Å². The second-order valence-electron chi connectivity index (χ2n) is 4.11. The van der Waals surface area contributed by atoms with E-state index in [0.29, 0.717) is 23.7 Å². The van der Waals surface area contributed by atoms with Crippen molar-refractivity contribution in [3.8, 4) is 11.5 Å². The standard InChI is InChI=1S/C16H16O3/c1-18-15-8-7-14(12-17)11-16(15)19-10-9-13-5-3-2-4-6-13/h2-8,11-12H,9-10H2,1H3. The molecule has 0 aromatic heterocycles. The molecule has 2 aromatic carbocycles. The van der Waals surface area contributed by atoms with Gasteiger partial charge in [-0.3, -0.25) is 4.79 Å². The second-order valence-corrected chi connectivity index (χ2v) is 4.11. The molecule has 0 aliphatic carbocycles. The average molecular weight is 256 g/mol. The number of hydrogen-bond acceptors (Lipinski definition) is 3. The third-order valence-corrected chi connectivity index (χ3v) is 2.81. The third kappa shape index (κ3) is 3.58. The molecule has 3 nitrogen and oxygen atoms in total. The summed E-state index contributed by atoms with van der Waals surface area (Å²) in [5, 5.41) is 0. The van der Waals surface area contributed by atoms with Crippen molar-refractivity contribution in [2.45, 2.75) is 6.42 Å². The maximum absolute atomic E-state index is 10.8. The highest BCUT2D eigenvalue weighted by atomic mass is 16.5. The van der Waals surface area contributed by atoms with Gasteiger partial charge in [0.15, 0.2) is 11.5 Å². The van der Waals surface area contributed by atoms with E-state index in [-0.39, 0.29) is 0 Å². The predicted octanol–water partition coefficient (Wildman–Crippen LogP) is 3.13. The van der Waals surface area contributed by atoms with Gasteiger partial charge < -0.3 is 9.47 Å². The molecule has 0 aliphatic rings. The van der Waals surface area contributed by atoms with Crippen molar-refractivity contribution in [1.82, 2.24) is 0 Å². The van der Waals surface area contributed by atoms with Gasteiger partial charge in [-0.05, 0) is 23.8 Å². The first-order valence-corrected chi connectivity index (χ1v) is 6.13. The minimum Gasteiger partial charge on any atom is -0.493 e. The van der Waals surface area contributed by atoms with Crippen molar-refractivity contribution >= 4 is 6.29 Å².